The summed E-state index contributed by atoms with van der Waals surface area (Å²) in [7, 11) is 0. The second-order valence-corrected chi connectivity index (χ2v) is 8.61. The van der Waals surface area contributed by atoms with Gasteiger partial charge in [0.2, 0.25) is 5.91 Å². The molecule has 170 valence electrons. The van der Waals surface area contributed by atoms with Crippen LogP contribution in [0.3, 0.4) is 0 Å². The van der Waals surface area contributed by atoms with Crippen molar-refractivity contribution in [1.82, 2.24) is 14.7 Å². The number of aryl methyl sites for hydroxylation is 1. The molecule has 6 heteroatoms. The van der Waals surface area contributed by atoms with Crippen molar-refractivity contribution < 1.29 is 14.3 Å². The lowest BCUT2D eigenvalue weighted by molar-refractivity contribution is -0.126. The molecule has 33 heavy (non-hydrogen) atoms. The molecule has 3 heterocycles. The number of likely N-dealkylation sites (tertiary alicyclic amines) is 1. The van der Waals surface area contributed by atoms with Crippen molar-refractivity contribution in [3.05, 3.63) is 77.1 Å². The van der Waals surface area contributed by atoms with E-state index < -0.39 is 0 Å². The Kier molecular flexibility index (Phi) is 5.90. The second kappa shape index (κ2) is 9.14. The summed E-state index contributed by atoms with van der Waals surface area (Å²) in [5, 5.41) is 4.68. The molecule has 1 atom stereocenters. The van der Waals surface area contributed by atoms with E-state index in [1.807, 2.05) is 72.0 Å². The first-order valence-corrected chi connectivity index (χ1v) is 11.6. The van der Waals surface area contributed by atoms with Gasteiger partial charge in [0.05, 0.1) is 30.6 Å². The molecule has 0 bridgehead atoms. The SMILES string of the molecule is Cc1nn(-c2ccccc2)c(C)c1/C=C/C(=O)N1CCCC1c1ccc2c(c1)OCCCO2. The molecule has 2 aliphatic rings. The molecule has 1 amide bonds. The highest BCUT2D eigenvalue weighted by Crippen LogP contribution is 2.38. The highest BCUT2D eigenvalue weighted by Gasteiger charge is 2.29. The second-order valence-electron chi connectivity index (χ2n) is 8.61. The smallest absolute Gasteiger partial charge is 0.247 e. The predicted octanol–water partition coefficient (Wildman–Crippen LogP) is 5.03. The molecule has 0 radical (unpaired) electrons. The highest BCUT2D eigenvalue weighted by atomic mass is 16.5. The van der Waals surface area contributed by atoms with E-state index in [-0.39, 0.29) is 11.9 Å². The largest absolute Gasteiger partial charge is 0.490 e. The Morgan fingerprint density at radius 2 is 1.82 bits per heavy atom. The van der Waals surface area contributed by atoms with Crippen LogP contribution in [0.4, 0.5) is 0 Å². The first-order valence-electron chi connectivity index (χ1n) is 11.6. The van der Waals surface area contributed by atoms with E-state index in [0.717, 1.165) is 65.5 Å². The van der Waals surface area contributed by atoms with Gasteiger partial charge in [-0.25, -0.2) is 4.68 Å². The zero-order valence-corrected chi connectivity index (χ0v) is 19.2. The van der Waals surface area contributed by atoms with Gasteiger partial charge < -0.3 is 14.4 Å². The summed E-state index contributed by atoms with van der Waals surface area (Å²) >= 11 is 0. The van der Waals surface area contributed by atoms with Gasteiger partial charge in [-0.05, 0) is 62.6 Å². The molecule has 5 rings (SSSR count). The molecule has 0 aliphatic carbocycles. The maximum atomic E-state index is 13.2. The molecule has 0 N–H and O–H groups in total. The van der Waals surface area contributed by atoms with Crippen molar-refractivity contribution in [1.29, 1.82) is 0 Å². The molecule has 1 aromatic heterocycles. The minimum atomic E-state index is 0.0240. The molecule has 0 spiro atoms. The fraction of sp³-hybridized carbons (Fsp3) is 0.333. The Bertz CT molecular complexity index is 1180. The van der Waals surface area contributed by atoms with E-state index in [9.17, 15) is 4.79 Å². The third-order valence-electron chi connectivity index (χ3n) is 6.43. The van der Waals surface area contributed by atoms with Gasteiger partial charge >= 0.3 is 0 Å². The van der Waals surface area contributed by atoms with Crippen molar-refractivity contribution in [3.8, 4) is 17.2 Å². The number of amides is 1. The molecular weight excluding hydrogens is 414 g/mol. The highest BCUT2D eigenvalue weighted by molar-refractivity contribution is 5.92. The summed E-state index contributed by atoms with van der Waals surface area (Å²) in [5.41, 5.74) is 5.02. The lowest BCUT2D eigenvalue weighted by atomic mass is 10.0. The van der Waals surface area contributed by atoms with Crippen LogP contribution in [0.25, 0.3) is 11.8 Å². The third-order valence-corrected chi connectivity index (χ3v) is 6.43. The first kappa shape index (κ1) is 21.3. The molecule has 2 aromatic carbocycles. The molecule has 1 fully saturated rings. The quantitative estimate of drug-likeness (QED) is 0.531. The summed E-state index contributed by atoms with van der Waals surface area (Å²) in [6.45, 7) is 6.09. The Morgan fingerprint density at radius 1 is 1.03 bits per heavy atom. The van der Waals surface area contributed by atoms with Crippen LogP contribution in [-0.2, 0) is 4.79 Å². The van der Waals surface area contributed by atoms with Crippen molar-refractivity contribution >= 4 is 12.0 Å². The fourth-order valence-corrected chi connectivity index (χ4v) is 4.73. The summed E-state index contributed by atoms with van der Waals surface area (Å²) in [6, 6.07) is 16.2. The van der Waals surface area contributed by atoms with E-state index in [0.29, 0.717) is 13.2 Å². The van der Waals surface area contributed by atoms with E-state index in [2.05, 4.69) is 11.2 Å². The Hall–Kier alpha value is -3.54. The van der Waals surface area contributed by atoms with Crippen molar-refractivity contribution in [2.75, 3.05) is 19.8 Å². The predicted molar refractivity (Wildman–Crippen MR) is 128 cm³/mol. The van der Waals surface area contributed by atoms with Gasteiger partial charge in [-0.2, -0.15) is 5.10 Å². The van der Waals surface area contributed by atoms with Crippen LogP contribution >= 0.6 is 0 Å². The lowest BCUT2D eigenvalue weighted by Gasteiger charge is -2.24. The van der Waals surface area contributed by atoms with Crippen LogP contribution in [-0.4, -0.2) is 40.3 Å². The number of carbonyl (C=O) groups is 1. The third kappa shape index (κ3) is 4.25. The summed E-state index contributed by atoms with van der Waals surface area (Å²) < 4.78 is 13.5. The molecule has 1 unspecified atom stereocenters. The summed E-state index contributed by atoms with van der Waals surface area (Å²) in [4.78, 5) is 15.2. The van der Waals surface area contributed by atoms with Gasteiger partial charge in [-0.3, -0.25) is 4.79 Å². The number of ether oxygens (including phenoxy) is 2. The number of para-hydroxylation sites is 1. The summed E-state index contributed by atoms with van der Waals surface area (Å²) in [6.07, 6.45) is 6.41. The molecule has 2 aliphatic heterocycles. The van der Waals surface area contributed by atoms with Gasteiger partial charge in [0.25, 0.3) is 0 Å². The van der Waals surface area contributed by atoms with E-state index in [4.69, 9.17) is 9.47 Å². The molecule has 3 aromatic rings. The minimum absolute atomic E-state index is 0.0240. The van der Waals surface area contributed by atoms with Gasteiger partial charge in [-0.1, -0.05) is 24.3 Å². The van der Waals surface area contributed by atoms with Crippen LogP contribution in [0.2, 0.25) is 0 Å². The topological polar surface area (TPSA) is 56.6 Å². The zero-order valence-electron chi connectivity index (χ0n) is 19.2. The van der Waals surface area contributed by atoms with Crippen LogP contribution in [0.1, 0.15) is 47.8 Å². The number of nitrogens with zero attached hydrogens (tertiary/aromatic N) is 3. The number of fused-ring (bicyclic) bond motifs is 1. The maximum Gasteiger partial charge on any atom is 0.247 e. The van der Waals surface area contributed by atoms with Crippen LogP contribution in [0, 0.1) is 13.8 Å². The van der Waals surface area contributed by atoms with Gasteiger partial charge in [0.15, 0.2) is 11.5 Å². The van der Waals surface area contributed by atoms with Crippen molar-refractivity contribution in [2.24, 2.45) is 0 Å². The van der Waals surface area contributed by atoms with Crippen LogP contribution in [0.15, 0.2) is 54.6 Å². The van der Waals surface area contributed by atoms with Crippen molar-refractivity contribution in [2.45, 2.75) is 39.2 Å². The number of rotatable bonds is 4. The van der Waals surface area contributed by atoms with Crippen LogP contribution < -0.4 is 9.47 Å². The molecular formula is C27H29N3O3. The first-order chi connectivity index (χ1) is 16.1. The average Bonchev–Trinajstić information content (AvgIpc) is 3.35. The monoisotopic (exact) mass is 443 g/mol. The minimum Gasteiger partial charge on any atom is -0.490 e. The fourth-order valence-electron chi connectivity index (χ4n) is 4.73. The van der Waals surface area contributed by atoms with E-state index >= 15 is 0 Å². The maximum absolute atomic E-state index is 13.2. The summed E-state index contributed by atoms with van der Waals surface area (Å²) in [5.74, 6) is 1.59. The molecule has 1 saturated heterocycles. The van der Waals surface area contributed by atoms with E-state index in [1.165, 1.54) is 0 Å². The standard InChI is InChI=1S/C27H29N3O3/c1-19-23(20(2)30(28-19)22-8-4-3-5-9-22)12-14-27(31)29-15-6-10-24(29)21-11-13-25-26(18-21)33-17-7-16-32-25/h3-5,8-9,11-14,18,24H,6-7,10,15-17H2,1-2H3/b14-12+. The average molecular weight is 444 g/mol. The number of hydrogen-bond donors (Lipinski definition) is 0. The molecule has 0 saturated carbocycles. The van der Waals surface area contributed by atoms with Crippen molar-refractivity contribution in [3.63, 3.8) is 0 Å². The van der Waals surface area contributed by atoms with Gasteiger partial charge in [0, 0.05) is 30.3 Å². The van der Waals surface area contributed by atoms with Crippen LogP contribution in [0.5, 0.6) is 11.5 Å². The normalized spacial score (nSPS) is 18.0. The Labute approximate surface area is 194 Å². The number of benzene rings is 2. The lowest BCUT2D eigenvalue weighted by Crippen LogP contribution is -2.28. The van der Waals surface area contributed by atoms with Gasteiger partial charge in [-0.15, -0.1) is 0 Å². The number of carbonyl (C=O) groups excluding carboxylic acids is 1. The number of aromatic nitrogens is 2. The Morgan fingerprint density at radius 3 is 2.64 bits per heavy atom. The Balaban J connectivity index is 1.36. The number of hydrogen-bond acceptors (Lipinski definition) is 4. The van der Waals surface area contributed by atoms with Gasteiger partial charge in [0.1, 0.15) is 0 Å². The molecule has 6 nitrogen and oxygen atoms in total. The van der Waals surface area contributed by atoms with E-state index in [1.54, 1.807) is 6.08 Å². The zero-order chi connectivity index (χ0) is 22.8.